The van der Waals surface area contributed by atoms with Crippen LogP contribution in [0.3, 0.4) is 0 Å². The highest BCUT2D eigenvalue weighted by atomic mass is 16.5. The Morgan fingerprint density at radius 3 is 2.60 bits per heavy atom. The Balaban J connectivity index is 1.18. The molecule has 224 valence electrons. The second-order valence-electron chi connectivity index (χ2n) is 11.4. The summed E-state index contributed by atoms with van der Waals surface area (Å²) in [5.41, 5.74) is 6.50. The Kier molecular flexibility index (Phi) is 8.44. The Labute approximate surface area is 252 Å². The highest BCUT2D eigenvalue weighted by Crippen LogP contribution is 2.34. The van der Waals surface area contributed by atoms with Crippen LogP contribution >= 0.6 is 0 Å². The van der Waals surface area contributed by atoms with E-state index in [0.29, 0.717) is 30.3 Å². The summed E-state index contributed by atoms with van der Waals surface area (Å²) >= 11 is 0. The van der Waals surface area contributed by atoms with Crippen molar-refractivity contribution in [1.82, 2.24) is 19.7 Å². The van der Waals surface area contributed by atoms with E-state index in [1.165, 1.54) is 42.0 Å². The van der Waals surface area contributed by atoms with E-state index < -0.39 is 5.97 Å². The van der Waals surface area contributed by atoms with Crippen LogP contribution in [0.15, 0.2) is 60.8 Å². The van der Waals surface area contributed by atoms with Crippen LogP contribution in [0.5, 0.6) is 11.6 Å². The van der Waals surface area contributed by atoms with Crippen molar-refractivity contribution in [3.8, 4) is 28.7 Å². The number of para-hydroxylation sites is 1. The van der Waals surface area contributed by atoms with Crippen LogP contribution < -0.4 is 9.47 Å². The number of rotatable bonds is 9. The van der Waals surface area contributed by atoms with Crippen molar-refractivity contribution in [2.75, 3.05) is 20.8 Å². The highest BCUT2D eigenvalue weighted by Gasteiger charge is 2.28. The highest BCUT2D eigenvalue weighted by molar-refractivity contribution is 5.90. The van der Waals surface area contributed by atoms with E-state index in [2.05, 4.69) is 28.2 Å². The third-order valence-electron chi connectivity index (χ3n) is 8.78. The zero-order chi connectivity index (χ0) is 29.9. The fourth-order valence-corrected chi connectivity index (χ4v) is 6.41. The number of aromatic nitrogens is 3. The van der Waals surface area contributed by atoms with Crippen molar-refractivity contribution in [1.29, 1.82) is 0 Å². The van der Waals surface area contributed by atoms with Crippen LogP contribution in [0, 0.1) is 6.92 Å². The van der Waals surface area contributed by atoms with Crippen molar-refractivity contribution in [2.45, 2.75) is 64.3 Å². The van der Waals surface area contributed by atoms with Crippen molar-refractivity contribution in [2.24, 2.45) is 0 Å². The first kappa shape index (κ1) is 28.9. The predicted octanol–water partition coefficient (Wildman–Crippen LogP) is 5.84. The van der Waals surface area contributed by atoms with Gasteiger partial charge in [0.2, 0.25) is 5.88 Å². The van der Waals surface area contributed by atoms with E-state index in [-0.39, 0.29) is 11.4 Å². The summed E-state index contributed by atoms with van der Waals surface area (Å²) in [5.74, 6) is 0.219. The number of carboxylic acid groups (broad SMARTS) is 1. The molecule has 3 heterocycles. The summed E-state index contributed by atoms with van der Waals surface area (Å²) in [7, 11) is 3.25. The molecule has 43 heavy (non-hydrogen) atoms. The summed E-state index contributed by atoms with van der Waals surface area (Å²) in [6.07, 6.45) is 7.50. The van der Waals surface area contributed by atoms with Crippen molar-refractivity contribution in [3.63, 3.8) is 0 Å². The van der Waals surface area contributed by atoms with Gasteiger partial charge in [-0.1, -0.05) is 36.4 Å². The average molecular weight is 583 g/mol. The van der Waals surface area contributed by atoms with Gasteiger partial charge in [0.1, 0.15) is 17.9 Å². The Hall–Kier alpha value is -4.21. The SMILES string of the molecule is COc1c(C(=O)O)cnn1-c1cccc(-c2cccc(C)c2OCc2ccc3c(c2)CCN([C@H]2CC[C@H](OC)CC2)C3)n1. The molecular formula is C34H38N4O5. The number of benzene rings is 2. The molecule has 0 atom stereocenters. The lowest BCUT2D eigenvalue weighted by atomic mass is 9.89. The van der Waals surface area contributed by atoms with Gasteiger partial charge in [0.15, 0.2) is 5.82 Å². The number of fused-ring (bicyclic) bond motifs is 1. The zero-order valence-electron chi connectivity index (χ0n) is 25.0. The first-order chi connectivity index (χ1) is 20.9. The number of hydrogen-bond acceptors (Lipinski definition) is 7. The molecule has 2 aliphatic rings. The van der Waals surface area contributed by atoms with Gasteiger partial charge in [0.25, 0.3) is 0 Å². The smallest absolute Gasteiger partial charge is 0.342 e. The van der Waals surface area contributed by atoms with E-state index in [1.54, 1.807) is 6.07 Å². The maximum atomic E-state index is 11.6. The first-order valence-corrected chi connectivity index (χ1v) is 14.9. The lowest BCUT2D eigenvalue weighted by molar-refractivity contribution is 0.0350. The predicted molar refractivity (Wildman–Crippen MR) is 163 cm³/mol. The molecule has 0 saturated heterocycles. The summed E-state index contributed by atoms with van der Waals surface area (Å²) in [6, 6.07) is 18.9. The standard InChI is InChI=1S/C34H38N4O5/c1-22-6-4-7-28(30-8-5-9-31(36-30)38-33(42-3)29(19-35-38)34(39)40)32(22)43-21-23-10-11-25-20-37(17-16-24(25)18-23)26-12-14-27(41-2)15-13-26/h4-11,18-19,26-27H,12-17,20-21H2,1-3H3,(H,39,40)/t26-,27-. The lowest BCUT2D eigenvalue weighted by Crippen LogP contribution is -2.42. The molecule has 9 heteroatoms. The molecule has 1 fully saturated rings. The molecule has 1 saturated carbocycles. The van der Waals surface area contributed by atoms with Gasteiger partial charge in [-0.2, -0.15) is 9.78 Å². The Morgan fingerprint density at radius 2 is 1.84 bits per heavy atom. The van der Waals surface area contributed by atoms with Gasteiger partial charge in [-0.25, -0.2) is 9.78 Å². The maximum absolute atomic E-state index is 11.6. The number of carboxylic acids is 1. The van der Waals surface area contributed by atoms with E-state index in [0.717, 1.165) is 54.8 Å². The van der Waals surface area contributed by atoms with Crippen LogP contribution in [0.2, 0.25) is 0 Å². The molecule has 4 aromatic rings. The quantitative estimate of drug-likeness (QED) is 0.263. The molecule has 2 aromatic carbocycles. The number of carbonyl (C=O) groups is 1. The number of aromatic carboxylic acids is 1. The second kappa shape index (κ2) is 12.6. The van der Waals surface area contributed by atoms with Gasteiger partial charge in [0, 0.05) is 31.8 Å². The molecule has 0 unspecified atom stereocenters. The third kappa shape index (κ3) is 6.00. The number of ether oxygens (including phenoxy) is 3. The Bertz CT molecular complexity index is 1610. The van der Waals surface area contributed by atoms with Crippen LogP contribution in [0.1, 0.15) is 58.3 Å². The molecule has 0 spiro atoms. The van der Waals surface area contributed by atoms with Crippen LogP contribution in [-0.4, -0.2) is 63.7 Å². The fourth-order valence-electron chi connectivity index (χ4n) is 6.41. The minimum Gasteiger partial charge on any atom is -0.488 e. The molecule has 1 aliphatic heterocycles. The third-order valence-corrected chi connectivity index (χ3v) is 8.78. The van der Waals surface area contributed by atoms with Crippen LogP contribution in [0.25, 0.3) is 17.1 Å². The molecule has 0 bridgehead atoms. The molecule has 0 radical (unpaired) electrons. The Morgan fingerprint density at radius 1 is 1.02 bits per heavy atom. The molecule has 6 rings (SSSR count). The fraction of sp³-hybridized carbons (Fsp3) is 0.382. The second-order valence-corrected chi connectivity index (χ2v) is 11.4. The van der Waals surface area contributed by atoms with Gasteiger partial charge < -0.3 is 19.3 Å². The number of methoxy groups -OCH3 is 2. The van der Waals surface area contributed by atoms with E-state index in [9.17, 15) is 9.90 Å². The largest absolute Gasteiger partial charge is 0.488 e. The first-order valence-electron chi connectivity index (χ1n) is 14.9. The lowest BCUT2D eigenvalue weighted by Gasteiger charge is -2.39. The molecular weight excluding hydrogens is 544 g/mol. The number of hydrogen-bond donors (Lipinski definition) is 1. The monoisotopic (exact) mass is 582 g/mol. The number of pyridine rings is 1. The molecule has 2 aromatic heterocycles. The topological polar surface area (TPSA) is 98.9 Å². The zero-order valence-corrected chi connectivity index (χ0v) is 25.0. The summed E-state index contributed by atoms with van der Waals surface area (Å²) in [5, 5.41) is 13.7. The van der Waals surface area contributed by atoms with Crippen molar-refractivity contribution in [3.05, 3.63) is 88.6 Å². The van der Waals surface area contributed by atoms with Gasteiger partial charge in [-0.3, -0.25) is 4.90 Å². The summed E-state index contributed by atoms with van der Waals surface area (Å²) in [6.45, 7) is 4.58. The number of aryl methyl sites for hydroxylation is 1. The summed E-state index contributed by atoms with van der Waals surface area (Å²) in [4.78, 5) is 19.0. The normalized spacial score (nSPS) is 18.7. The molecule has 1 aliphatic carbocycles. The van der Waals surface area contributed by atoms with Gasteiger partial charge in [-0.05, 0) is 79.5 Å². The van der Waals surface area contributed by atoms with E-state index in [4.69, 9.17) is 19.2 Å². The van der Waals surface area contributed by atoms with E-state index >= 15 is 0 Å². The molecule has 0 amide bonds. The molecule has 9 nitrogen and oxygen atoms in total. The van der Waals surface area contributed by atoms with Crippen LogP contribution in [0.4, 0.5) is 0 Å². The number of nitrogens with zero attached hydrogens (tertiary/aromatic N) is 4. The summed E-state index contributed by atoms with van der Waals surface area (Å²) < 4.78 is 18.8. The van der Waals surface area contributed by atoms with Gasteiger partial charge in [0.05, 0.1) is 25.1 Å². The van der Waals surface area contributed by atoms with Crippen LogP contribution in [-0.2, 0) is 24.3 Å². The van der Waals surface area contributed by atoms with E-state index in [1.807, 2.05) is 44.4 Å². The molecule has 1 N–H and O–H groups in total. The minimum absolute atomic E-state index is 0.0266. The van der Waals surface area contributed by atoms with Crippen molar-refractivity contribution < 1.29 is 24.1 Å². The van der Waals surface area contributed by atoms with Gasteiger partial charge in [-0.15, -0.1) is 0 Å². The van der Waals surface area contributed by atoms with Crippen molar-refractivity contribution >= 4 is 5.97 Å². The van der Waals surface area contributed by atoms with Gasteiger partial charge >= 0.3 is 5.97 Å². The average Bonchev–Trinajstić information content (AvgIpc) is 3.49. The maximum Gasteiger partial charge on any atom is 0.342 e. The minimum atomic E-state index is -1.11.